The van der Waals surface area contributed by atoms with Gasteiger partial charge in [-0.25, -0.2) is 4.79 Å². The number of nitrogens with one attached hydrogen (secondary N) is 2. The molecule has 1 aromatic heterocycles. The third kappa shape index (κ3) is 6.43. The second-order valence-corrected chi connectivity index (χ2v) is 7.05. The number of amides is 2. The molecule has 2 amide bonds. The Labute approximate surface area is 133 Å². The van der Waals surface area contributed by atoms with Gasteiger partial charge >= 0.3 is 6.03 Å². The first-order valence-corrected chi connectivity index (χ1v) is 7.83. The van der Waals surface area contributed by atoms with E-state index < -0.39 is 0 Å². The van der Waals surface area contributed by atoms with E-state index in [0.717, 1.165) is 5.56 Å². The van der Waals surface area contributed by atoms with Gasteiger partial charge in [0.05, 0.1) is 12.1 Å². The third-order valence-electron chi connectivity index (χ3n) is 3.59. The van der Waals surface area contributed by atoms with E-state index in [9.17, 15) is 9.90 Å². The van der Waals surface area contributed by atoms with Gasteiger partial charge in [0.25, 0.3) is 0 Å². The Morgan fingerprint density at radius 3 is 2.36 bits per heavy atom. The van der Waals surface area contributed by atoms with E-state index in [-0.39, 0.29) is 29.5 Å². The van der Waals surface area contributed by atoms with E-state index in [1.54, 1.807) is 19.3 Å². The van der Waals surface area contributed by atoms with Gasteiger partial charge in [-0.3, -0.25) is 4.98 Å². The van der Waals surface area contributed by atoms with Crippen LogP contribution in [0.3, 0.4) is 0 Å². The number of pyridine rings is 1. The smallest absolute Gasteiger partial charge is 0.315 e. The number of aliphatic hydroxyl groups is 1. The summed E-state index contributed by atoms with van der Waals surface area (Å²) in [6.07, 6.45) is 3.73. The molecule has 22 heavy (non-hydrogen) atoms. The Balaban J connectivity index is 2.58. The van der Waals surface area contributed by atoms with Crippen LogP contribution in [-0.2, 0) is 0 Å². The third-order valence-corrected chi connectivity index (χ3v) is 3.59. The van der Waals surface area contributed by atoms with Gasteiger partial charge in [0.2, 0.25) is 0 Å². The van der Waals surface area contributed by atoms with Gasteiger partial charge in [0, 0.05) is 18.9 Å². The zero-order chi connectivity index (χ0) is 16.8. The first-order valence-electron chi connectivity index (χ1n) is 7.83. The molecule has 0 aliphatic rings. The van der Waals surface area contributed by atoms with E-state index in [4.69, 9.17) is 0 Å². The van der Waals surface area contributed by atoms with Crippen LogP contribution in [0.15, 0.2) is 24.5 Å². The lowest BCUT2D eigenvalue weighted by molar-refractivity contribution is 0.128. The molecule has 0 aliphatic carbocycles. The normalized spacial score (nSPS) is 14.5. The number of hydrogen-bond donors (Lipinski definition) is 3. The SMILES string of the molecule is CC(C)[C@H](NC(=O)NCC(C)(C)C[C@@H](C)O)c1ccncc1. The lowest BCUT2D eigenvalue weighted by Crippen LogP contribution is -2.43. The number of aliphatic hydroxyl groups excluding tert-OH is 1. The maximum Gasteiger partial charge on any atom is 0.315 e. The van der Waals surface area contributed by atoms with Crippen molar-refractivity contribution in [3.8, 4) is 0 Å². The van der Waals surface area contributed by atoms with Gasteiger partial charge in [0.15, 0.2) is 0 Å². The van der Waals surface area contributed by atoms with Gasteiger partial charge in [-0.05, 0) is 42.4 Å². The Kier molecular flexibility index (Phi) is 6.81. The largest absolute Gasteiger partial charge is 0.393 e. The minimum absolute atomic E-state index is 0.0529. The van der Waals surface area contributed by atoms with Crippen LogP contribution in [0.2, 0.25) is 0 Å². The average Bonchev–Trinajstić information content (AvgIpc) is 2.42. The number of rotatable bonds is 7. The molecule has 0 radical (unpaired) electrons. The summed E-state index contributed by atoms with van der Waals surface area (Å²) in [4.78, 5) is 16.2. The maximum absolute atomic E-state index is 12.2. The van der Waals surface area contributed by atoms with Crippen molar-refractivity contribution in [2.45, 2.75) is 53.2 Å². The van der Waals surface area contributed by atoms with E-state index in [1.165, 1.54) is 0 Å². The molecule has 2 atom stereocenters. The fourth-order valence-corrected chi connectivity index (χ4v) is 2.59. The topological polar surface area (TPSA) is 74.2 Å². The summed E-state index contributed by atoms with van der Waals surface area (Å²) in [5, 5.41) is 15.4. The number of urea groups is 1. The molecule has 5 nitrogen and oxygen atoms in total. The van der Waals surface area contributed by atoms with Gasteiger partial charge in [-0.2, -0.15) is 0 Å². The number of hydrogen-bond acceptors (Lipinski definition) is 3. The maximum atomic E-state index is 12.2. The Hall–Kier alpha value is -1.62. The van der Waals surface area contributed by atoms with Crippen molar-refractivity contribution in [2.24, 2.45) is 11.3 Å². The van der Waals surface area contributed by atoms with Crippen LogP contribution in [0.1, 0.15) is 52.6 Å². The van der Waals surface area contributed by atoms with E-state index in [1.807, 2.05) is 26.0 Å². The van der Waals surface area contributed by atoms with Crippen molar-refractivity contribution < 1.29 is 9.90 Å². The van der Waals surface area contributed by atoms with Crippen LogP contribution < -0.4 is 10.6 Å². The minimum atomic E-state index is -0.375. The van der Waals surface area contributed by atoms with E-state index in [2.05, 4.69) is 29.5 Å². The molecule has 0 saturated heterocycles. The van der Waals surface area contributed by atoms with Gasteiger partial charge in [0.1, 0.15) is 0 Å². The summed E-state index contributed by atoms with van der Waals surface area (Å²) in [7, 11) is 0. The molecule has 0 aliphatic heterocycles. The molecule has 0 spiro atoms. The van der Waals surface area contributed by atoms with Crippen LogP contribution in [0.25, 0.3) is 0 Å². The lowest BCUT2D eigenvalue weighted by atomic mass is 9.87. The van der Waals surface area contributed by atoms with Gasteiger partial charge < -0.3 is 15.7 Å². The summed E-state index contributed by atoms with van der Waals surface area (Å²) in [6.45, 7) is 10.5. The fourth-order valence-electron chi connectivity index (χ4n) is 2.59. The summed E-state index contributed by atoms with van der Waals surface area (Å²) >= 11 is 0. The van der Waals surface area contributed by atoms with Crippen molar-refractivity contribution >= 4 is 6.03 Å². The molecular weight excluding hydrogens is 278 g/mol. The molecule has 0 unspecified atom stereocenters. The molecule has 0 fully saturated rings. The molecule has 0 aromatic carbocycles. The zero-order valence-electron chi connectivity index (χ0n) is 14.3. The van der Waals surface area contributed by atoms with E-state index in [0.29, 0.717) is 13.0 Å². The summed E-state index contributed by atoms with van der Waals surface area (Å²) < 4.78 is 0. The monoisotopic (exact) mass is 307 g/mol. The standard InChI is InChI=1S/C17H29N3O2/c1-12(2)15(14-6-8-18-9-7-14)20-16(22)19-11-17(4,5)10-13(3)21/h6-9,12-13,15,21H,10-11H2,1-5H3,(H2,19,20,22)/t13-,15+/m1/s1. The molecule has 1 heterocycles. The second-order valence-electron chi connectivity index (χ2n) is 7.05. The Bertz CT molecular complexity index is 458. The summed E-state index contributed by atoms with van der Waals surface area (Å²) in [6, 6.07) is 3.60. The van der Waals surface area contributed by atoms with Crippen LogP contribution in [0.5, 0.6) is 0 Å². The molecule has 3 N–H and O–H groups in total. The molecular formula is C17H29N3O2. The predicted octanol–water partition coefficient (Wildman–Crippen LogP) is 2.88. The predicted molar refractivity (Wildman–Crippen MR) is 88.4 cm³/mol. The highest BCUT2D eigenvalue weighted by atomic mass is 16.3. The van der Waals surface area contributed by atoms with Crippen LogP contribution >= 0.6 is 0 Å². The number of aromatic nitrogens is 1. The summed E-state index contributed by atoms with van der Waals surface area (Å²) in [5.41, 5.74) is 0.901. The molecule has 1 aromatic rings. The van der Waals surface area contributed by atoms with Crippen LogP contribution in [-0.4, -0.2) is 28.8 Å². The highest BCUT2D eigenvalue weighted by Gasteiger charge is 2.23. The molecule has 0 saturated carbocycles. The molecule has 5 heteroatoms. The Morgan fingerprint density at radius 1 is 1.27 bits per heavy atom. The first kappa shape index (κ1) is 18.4. The van der Waals surface area contributed by atoms with E-state index >= 15 is 0 Å². The van der Waals surface area contributed by atoms with Crippen LogP contribution in [0, 0.1) is 11.3 Å². The fraction of sp³-hybridized carbons (Fsp3) is 0.647. The number of nitrogens with zero attached hydrogens (tertiary/aromatic N) is 1. The minimum Gasteiger partial charge on any atom is -0.393 e. The molecule has 124 valence electrons. The zero-order valence-corrected chi connectivity index (χ0v) is 14.3. The van der Waals surface area contributed by atoms with Crippen molar-refractivity contribution in [1.29, 1.82) is 0 Å². The lowest BCUT2D eigenvalue weighted by Gasteiger charge is -2.28. The number of carbonyl (C=O) groups excluding carboxylic acids is 1. The van der Waals surface area contributed by atoms with Crippen molar-refractivity contribution in [3.63, 3.8) is 0 Å². The highest BCUT2D eigenvalue weighted by molar-refractivity contribution is 5.74. The van der Waals surface area contributed by atoms with Gasteiger partial charge in [-0.1, -0.05) is 27.7 Å². The van der Waals surface area contributed by atoms with Crippen molar-refractivity contribution in [2.75, 3.05) is 6.54 Å². The highest BCUT2D eigenvalue weighted by Crippen LogP contribution is 2.22. The second kappa shape index (κ2) is 8.13. The van der Waals surface area contributed by atoms with Crippen molar-refractivity contribution in [3.05, 3.63) is 30.1 Å². The molecule has 1 rings (SSSR count). The number of carbonyl (C=O) groups is 1. The van der Waals surface area contributed by atoms with Crippen LogP contribution in [0.4, 0.5) is 4.79 Å². The average molecular weight is 307 g/mol. The first-order chi connectivity index (χ1) is 10.2. The Morgan fingerprint density at radius 2 is 1.86 bits per heavy atom. The molecule has 0 bridgehead atoms. The summed E-state index contributed by atoms with van der Waals surface area (Å²) in [5.74, 6) is 0.277. The quantitative estimate of drug-likeness (QED) is 0.725. The van der Waals surface area contributed by atoms with Gasteiger partial charge in [-0.15, -0.1) is 0 Å². The van der Waals surface area contributed by atoms with Crippen molar-refractivity contribution in [1.82, 2.24) is 15.6 Å².